The largest absolute Gasteiger partial charge is 0.482 e. The van der Waals surface area contributed by atoms with Crippen LogP contribution in [0.2, 0.25) is 0 Å². The van der Waals surface area contributed by atoms with E-state index in [1.165, 1.54) is 31.5 Å². The Hall–Kier alpha value is -4.60. The molecule has 2 amide bonds. The summed E-state index contributed by atoms with van der Waals surface area (Å²) in [6.45, 7) is 3.16. The van der Waals surface area contributed by atoms with Gasteiger partial charge in [-0.15, -0.1) is 0 Å². The maximum atomic E-state index is 12.9. The minimum atomic E-state index is -1.14. The fourth-order valence-corrected chi connectivity index (χ4v) is 3.28. The third kappa shape index (κ3) is 6.05. The number of carbonyl (C=O) groups is 4. The quantitative estimate of drug-likeness (QED) is 0.302. The van der Waals surface area contributed by atoms with E-state index in [2.05, 4.69) is 10.2 Å². The lowest BCUT2D eigenvalue weighted by Gasteiger charge is -2.26. The summed E-state index contributed by atoms with van der Waals surface area (Å²) in [5, 5.41) is 11.3. The number of hydrogen-bond donors (Lipinski definition) is 2. The number of amides is 2. The Bertz CT molecular complexity index is 1290. The predicted molar refractivity (Wildman–Crippen MR) is 128 cm³/mol. The highest BCUT2D eigenvalue weighted by atomic mass is 16.6. The second-order valence-electron chi connectivity index (χ2n) is 7.72. The molecule has 1 heterocycles. The maximum Gasteiger partial charge on any atom is 0.416 e. The number of ether oxygens (including phenoxy) is 2. The van der Waals surface area contributed by atoms with Gasteiger partial charge in [-0.2, -0.15) is 0 Å². The number of rotatable bonds is 7. The minimum absolute atomic E-state index is 0.222. The van der Waals surface area contributed by atoms with Crippen molar-refractivity contribution >= 4 is 40.9 Å². The van der Waals surface area contributed by atoms with Crippen molar-refractivity contribution in [1.82, 2.24) is 15.0 Å². The first-order valence-electron chi connectivity index (χ1n) is 10.7. The Kier molecular flexibility index (Phi) is 7.88. The monoisotopic (exact) mass is 479 g/mol. The second kappa shape index (κ2) is 11.0. The van der Waals surface area contributed by atoms with Crippen molar-refractivity contribution in [3.05, 3.63) is 71.9 Å². The van der Waals surface area contributed by atoms with E-state index in [1.54, 1.807) is 56.3 Å². The zero-order valence-electron chi connectivity index (χ0n) is 19.4. The molecule has 10 heteroatoms. The summed E-state index contributed by atoms with van der Waals surface area (Å²) >= 11 is 0. The Morgan fingerprint density at radius 1 is 1.11 bits per heavy atom. The summed E-state index contributed by atoms with van der Waals surface area (Å²) < 4.78 is 10.9. The molecule has 0 bridgehead atoms. The van der Waals surface area contributed by atoms with E-state index in [9.17, 15) is 24.3 Å². The molecular formula is C25H25N3O7. The number of fused-ring (bicyclic) bond motifs is 1. The number of carbonyl (C=O) groups excluding carboxylic acids is 3. The molecule has 0 spiro atoms. The van der Waals surface area contributed by atoms with Crippen molar-refractivity contribution in [3.8, 4) is 5.75 Å². The summed E-state index contributed by atoms with van der Waals surface area (Å²) in [5.41, 5.74) is 3.84. The Morgan fingerprint density at radius 2 is 1.86 bits per heavy atom. The van der Waals surface area contributed by atoms with Crippen molar-refractivity contribution < 1.29 is 33.8 Å². The van der Waals surface area contributed by atoms with Crippen LogP contribution < -0.4 is 10.2 Å². The summed E-state index contributed by atoms with van der Waals surface area (Å²) in [4.78, 5) is 48.5. The van der Waals surface area contributed by atoms with E-state index in [4.69, 9.17) is 4.74 Å². The summed E-state index contributed by atoms with van der Waals surface area (Å²) in [6, 6.07) is 12.7. The van der Waals surface area contributed by atoms with Gasteiger partial charge in [0.15, 0.2) is 6.61 Å². The van der Waals surface area contributed by atoms with Gasteiger partial charge in [-0.05, 0) is 44.2 Å². The first-order valence-corrected chi connectivity index (χ1v) is 10.7. The lowest BCUT2D eigenvalue weighted by molar-refractivity contribution is -0.142. The SMILES string of the molecule is COC(=O)COc1cccc(C(=O)NN(C(=O)C=Cc2cn(C(=O)O)c3ccccc23)C(C)C)c1. The first-order chi connectivity index (χ1) is 16.7. The van der Waals surface area contributed by atoms with Crippen molar-refractivity contribution in [2.24, 2.45) is 0 Å². The molecule has 0 atom stereocenters. The molecule has 182 valence electrons. The summed E-state index contributed by atoms with van der Waals surface area (Å²) in [5.74, 6) is -1.32. The van der Waals surface area contributed by atoms with Crippen LogP contribution in [0.4, 0.5) is 4.79 Å². The smallest absolute Gasteiger partial charge is 0.416 e. The highest BCUT2D eigenvalue weighted by Crippen LogP contribution is 2.22. The molecule has 0 unspecified atom stereocenters. The molecule has 3 rings (SSSR count). The van der Waals surface area contributed by atoms with Crippen molar-refractivity contribution in [2.75, 3.05) is 13.7 Å². The number of para-hydroxylation sites is 1. The number of hydrogen-bond acceptors (Lipinski definition) is 6. The molecule has 1 aromatic heterocycles. The fraction of sp³-hybridized carbons (Fsp3) is 0.200. The maximum absolute atomic E-state index is 12.9. The van der Waals surface area contributed by atoms with Crippen LogP contribution in [0.25, 0.3) is 17.0 Å². The lowest BCUT2D eigenvalue weighted by atomic mass is 10.1. The topological polar surface area (TPSA) is 127 Å². The standard InChI is InChI=1S/C25H25N3O7/c1-16(2)28(26-24(31)17-7-6-8-19(13-17)35-15-23(30)34-3)22(29)12-11-18-14-27(25(32)33)21-10-5-4-9-20(18)21/h4-14,16H,15H2,1-3H3,(H,26,31)(H,32,33). The minimum Gasteiger partial charge on any atom is -0.482 e. The van der Waals surface area contributed by atoms with E-state index in [-0.39, 0.29) is 18.2 Å². The molecule has 0 radical (unpaired) electrons. The number of nitrogens with zero attached hydrogens (tertiary/aromatic N) is 2. The van der Waals surface area contributed by atoms with E-state index in [1.807, 2.05) is 0 Å². The van der Waals surface area contributed by atoms with Crippen LogP contribution in [-0.2, 0) is 14.3 Å². The normalized spacial score (nSPS) is 11.0. The van der Waals surface area contributed by atoms with Crippen LogP contribution >= 0.6 is 0 Å². The van der Waals surface area contributed by atoms with Gasteiger partial charge in [-0.3, -0.25) is 19.6 Å². The van der Waals surface area contributed by atoms with Crippen LogP contribution in [0.1, 0.15) is 29.8 Å². The van der Waals surface area contributed by atoms with E-state index in [0.29, 0.717) is 22.2 Å². The zero-order chi connectivity index (χ0) is 25.5. The van der Waals surface area contributed by atoms with Gasteiger partial charge in [0.1, 0.15) is 5.75 Å². The number of benzene rings is 2. The molecule has 0 saturated carbocycles. The molecule has 0 saturated heterocycles. The van der Waals surface area contributed by atoms with Crippen LogP contribution in [0.3, 0.4) is 0 Å². The first kappa shape index (κ1) is 25.0. The average Bonchev–Trinajstić information content (AvgIpc) is 3.23. The van der Waals surface area contributed by atoms with Crippen LogP contribution in [0, 0.1) is 0 Å². The number of esters is 1. The molecule has 2 N–H and O–H groups in total. The van der Waals surface area contributed by atoms with E-state index < -0.39 is 23.9 Å². The molecule has 35 heavy (non-hydrogen) atoms. The van der Waals surface area contributed by atoms with Gasteiger partial charge in [0, 0.05) is 34.8 Å². The number of aromatic nitrogens is 1. The number of hydrazine groups is 1. The molecule has 3 aromatic rings. The predicted octanol–water partition coefficient (Wildman–Crippen LogP) is 3.31. The second-order valence-corrected chi connectivity index (χ2v) is 7.72. The van der Waals surface area contributed by atoms with E-state index >= 15 is 0 Å². The van der Waals surface area contributed by atoms with Gasteiger partial charge in [-0.1, -0.05) is 24.3 Å². The molecular weight excluding hydrogens is 454 g/mol. The highest BCUT2D eigenvalue weighted by molar-refractivity contribution is 6.01. The number of nitrogens with one attached hydrogen (secondary N) is 1. The zero-order valence-corrected chi connectivity index (χ0v) is 19.4. The Balaban J connectivity index is 1.76. The van der Waals surface area contributed by atoms with Gasteiger partial charge >= 0.3 is 12.1 Å². The van der Waals surface area contributed by atoms with Crippen molar-refractivity contribution in [3.63, 3.8) is 0 Å². The van der Waals surface area contributed by atoms with Crippen molar-refractivity contribution in [1.29, 1.82) is 0 Å². The Labute approximate surface area is 201 Å². The Morgan fingerprint density at radius 3 is 2.54 bits per heavy atom. The molecule has 0 aliphatic carbocycles. The molecule has 0 fully saturated rings. The molecule has 10 nitrogen and oxygen atoms in total. The van der Waals surface area contributed by atoms with Crippen LogP contribution in [-0.4, -0.2) is 58.3 Å². The van der Waals surface area contributed by atoms with Gasteiger partial charge in [0.25, 0.3) is 11.8 Å². The molecule has 2 aromatic carbocycles. The van der Waals surface area contributed by atoms with E-state index in [0.717, 1.165) is 9.58 Å². The lowest BCUT2D eigenvalue weighted by Crippen LogP contribution is -2.49. The molecule has 0 aliphatic heterocycles. The van der Waals surface area contributed by atoms with Gasteiger partial charge in [-0.25, -0.2) is 14.6 Å². The molecule has 0 aliphatic rings. The van der Waals surface area contributed by atoms with Gasteiger partial charge in [0.2, 0.25) is 0 Å². The summed E-state index contributed by atoms with van der Waals surface area (Å²) in [6.07, 6.45) is 3.06. The van der Waals surface area contributed by atoms with Crippen LogP contribution in [0.5, 0.6) is 5.75 Å². The van der Waals surface area contributed by atoms with Gasteiger partial charge < -0.3 is 14.6 Å². The fourth-order valence-electron chi connectivity index (χ4n) is 3.28. The third-order valence-electron chi connectivity index (χ3n) is 5.01. The summed E-state index contributed by atoms with van der Waals surface area (Å²) in [7, 11) is 1.24. The number of methoxy groups -OCH3 is 1. The van der Waals surface area contributed by atoms with Gasteiger partial charge in [0.05, 0.1) is 12.6 Å². The third-order valence-corrected chi connectivity index (χ3v) is 5.01. The number of carboxylic acid groups (broad SMARTS) is 1. The van der Waals surface area contributed by atoms with Crippen LogP contribution in [0.15, 0.2) is 60.8 Å². The average molecular weight is 479 g/mol. The van der Waals surface area contributed by atoms with Crippen molar-refractivity contribution in [2.45, 2.75) is 19.9 Å². The highest BCUT2D eigenvalue weighted by Gasteiger charge is 2.19.